The number of fused-ring (bicyclic) bond motifs is 1. The van der Waals surface area contributed by atoms with Crippen molar-refractivity contribution in [3.63, 3.8) is 0 Å². The predicted octanol–water partition coefficient (Wildman–Crippen LogP) is 3.38. The van der Waals surface area contributed by atoms with Crippen LogP contribution < -0.4 is 9.47 Å². The maximum atomic E-state index is 5.76. The number of benzene rings is 1. The van der Waals surface area contributed by atoms with Crippen molar-refractivity contribution in [3.8, 4) is 17.2 Å². The molecule has 0 saturated carbocycles. The molecular formula is C21H22N4O2. The first-order valence-electron chi connectivity index (χ1n) is 9.45. The van der Waals surface area contributed by atoms with Gasteiger partial charge in [-0.3, -0.25) is 9.88 Å². The van der Waals surface area contributed by atoms with Gasteiger partial charge in [-0.25, -0.2) is 4.68 Å². The Hall–Kier alpha value is -2.86. The van der Waals surface area contributed by atoms with Gasteiger partial charge in [-0.05, 0) is 55.3 Å². The molecule has 138 valence electrons. The quantitative estimate of drug-likeness (QED) is 0.712. The molecule has 0 amide bonds. The molecule has 1 aromatic carbocycles. The first-order chi connectivity index (χ1) is 13.4. The third-order valence-electron chi connectivity index (χ3n) is 5.26. The Morgan fingerprint density at radius 1 is 1.07 bits per heavy atom. The molecule has 2 aliphatic rings. The smallest absolute Gasteiger partial charge is 0.161 e. The Bertz CT molecular complexity index is 908. The van der Waals surface area contributed by atoms with Crippen LogP contribution in [0.3, 0.4) is 0 Å². The zero-order chi connectivity index (χ0) is 18.1. The summed E-state index contributed by atoms with van der Waals surface area (Å²) in [6.07, 6.45) is 7.94. The lowest BCUT2D eigenvalue weighted by molar-refractivity contribution is 0.170. The minimum absolute atomic E-state index is 0.397. The van der Waals surface area contributed by atoms with Crippen molar-refractivity contribution >= 4 is 0 Å². The van der Waals surface area contributed by atoms with Crippen LogP contribution in [0.25, 0.3) is 5.69 Å². The fraction of sp³-hybridized carbons (Fsp3) is 0.333. The molecule has 6 nitrogen and oxygen atoms in total. The molecule has 1 fully saturated rings. The van der Waals surface area contributed by atoms with Crippen LogP contribution in [-0.4, -0.2) is 39.4 Å². The van der Waals surface area contributed by atoms with Gasteiger partial charge in [-0.15, -0.1) is 0 Å². The highest BCUT2D eigenvalue weighted by Gasteiger charge is 2.27. The van der Waals surface area contributed by atoms with Crippen LogP contribution in [-0.2, 0) is 6.54 Å². The second-order valence-electron chi connectivity index (χ2n) is 6.99. The molecule has 0 unspecified atom stereocenters. The van der Waals surface area contributed by atoms with E-state index >= 15 is 0 Å². The number of rotatable bonds is 4. The van der Waals surface area contributed by atoms with Gasteiger partial charge >= 0.3 is 0 Å². The van der Waals surface area contributed by atoms with Crippen molar-refractivity contribution in [2.45, 2.75) is 25.4 Å². The summed E-state index contributed by atoms with van der Waals surface area (Å²) in [6, 6.07) is 12.8. The zero-order valence-electron chi connectivity index (χ0n) is 15.1. The van der Waals surface area contributed by atoms with Crippen molar-refractivity contribution in [1.82, 2.24) is 19.7 Å². The summed E-state index contributed by atoms with van der Waals surface area (Å²) in [4.78, 5) is 7.15. The minimum atomic E-state index is 0.397. The van der Waals surface area contributed by atoms with Crippen molar-refractivity contribution in [1.29, 1.82) is 0 Å². The van der Waals surface area contributed by atoms with E-state index < -0.39 is 0 Å². The van der Waals surface area contributed by atoms with E-state index in [1.54, 1.807) is 6.20 Å². The largest absolute Gasteiger partial charge is 0.486 e. The molecule has 1 saturated heterocycles. The second kappa shape index (κ2) is 7.04. The number of nitrogens with zero attached hydrogens (tertiary/aromatic N) is 4. The summed E-state index contributed by atoms with van der Waals surface area (Å²) < 4.78 is 13.2. The summed E-state index contributed by atoms with van der Waals surface area (Å²) in [7, 11) is 0. The maximum Gasteiger partial charge on any atom is 0.161 e. The average molecular weight is 362 g/mol. The number of pyridine rings is 1. The highest BCUT2D eigenvalue weighted by Crippen LogP contribution is 2.38. The van der Waals surface area contributed by atoms with Gasteiger partial charge in [-0.1, -0.05) is 6.07 Å². The highest BCUT2D eigenvalue weighted by atomic mass is 16.6. The fourth-order valence-corrected chi connectivity index (χ4v) is 3.94. The predicted molar refractivity (Wildman–Crippen MR) is 101 cm³/mol. The standard InChI is InChI=1S/C21H22N4O2/c1-3-19(16-4-7-20-21(13-16)27-12-11-26-20)24(9-1)15-17-5-6-18(14-22-17)25-10-2-8-23-25/h2,4-8,10,13-14,19H,1,3,9,11-12,15H2/t19-/m0/s1. The van der Waals surface area contributed by atoms with Crippen LogP contribution >= 0.6 is 0 Å². The van der Waals surface area contributed by atoms with Crippen molar-refractivity contribution < 1.29 is 9.47 Å². The summed E-state index contributed by atoms with van der Waals surface area (Å²) in [5, 5.41) is 4.25. The Labute approximate surface area is 158 Å². The first-order valence-corrected chi connectivity index (χ1v) is 9.45. The molecule has 0 bridgehead atoms. The van der Waals surface area contributed by atoms with E-state index in [-0.39, 0.29) is 0 Å². The summed E-state index contributed by atoms with van der Waals surface area (Å²) in [5.74, 6) is 1.72. The molecule has 3 aromatic rings. The lowest BCUT2D eigenvalue weighted by atomic mass is 10.0. The topological polar surface area (TPSA) is 52.4 Å². The van der Waals surface area contributed by atoms with Crippen LogP contribution in [0.1, 0.15) is 30.1 Å². The van der Waals surface area contributed by atoms with E-state index in [9.17, 15) is 0 Å². The van der Waals surface area contributed by atoms with Crippen LogP contribution in [0.5, 0.6) is 11.5 Å². The van der Waals surface area contributed by atoms with E-state index in [0.29, 0.717) is 19.3 Å². The van der Waals surface area contributed by atoms with Gasteiger partial charge in [0.25, 0.3) is 0 Å². The molecule has 0 spiro atoms. The summed E-state index contributed by atoms with van der Waals surface area (Å²) >= 11 is 0. The Morgan fingerprint density at radius 3 is 2.81 bits per heavy atom. The van der Waals surface area contributed by atoms with Crippen molar-refractivity contribution in [2.24, 2.45) is 0 Å². The average Bonchev–Trinajstić information content (AvgIpc) is 3.40. The Morgan fingerprint density at radius 2 is 2.00 bits per heavy atom. The SMILES string of the molecule is c1cnn(-c2ccc(CN3CCC[C@H]3c3ccc4c(c3)OCCO4)nc2)c1. The number of hydrogen-bond acceptors (Lipinski definition) is 5. The van der Waals surface area contributed by atoms with Gasteiger partial charge in [-0.2, -0.15) is 5.10 Å². The third kappa shape index (κ3) is 3.28. The Balaban J connectivity index is 1.33. The molecule has 6 heteroatoms. The van der Waals surface area contributed by atoms with E-state index in [1.165, 1.54) is 12.0 Å². The van der Waals surface area contributed by atoms with Crippen LogP contribution in [0.15, 0.2) is 55.0 Å². The number of likely N-dealkylation sites (tertiary alicyclic amines) is 1. The molecule has 27 heavy (non-hydrogen) atoms. The van der Waals surface area contributed by atoms with Crippen LogP contribution in [0, 0.1) is 0 Å². The van der Waals surface area contributed by atoms with Gasteiger partial charge in [0, 0.05) is 25.0 Å². The fourth-order valence-electron chi connectivity index (χ4n) is 3.94. The van der Waals surface area contributed by atoms with Gasteiger partial charge in [0.15, 0.2) is 11.5 Å². The van der Waals surface area contributed by atoms with E-state index in [1.807, 2.05) is 29.2 Å². The van der Waals surface area contributed by atoms with Gasteiger partial charge < -0.3 is 9.47 Å². The van der Waals surface area contributed by atoms with Crippen molar-refractivity contribution in [2.75, 3.05) is 19.8 Å². The molecule has 1 atom stereocenters. The van der Waals surface area contributed by atoms with Crippen LogP contribution in [0.2, 0.25) is 0 Å². The summed E-state index contributed by atoms with van der Waals surface area (Å²) in [5.41, 5.74) is 3.36. The monoisotopic (exact) mass is 362 g/mol. The lowest BCUT2D eigenvalue weighted by Gasteiger charge is -2.26. The first kappa shape index (κ1) is 16.3. The molecule has 4 heterocycles. The van der Waals surface area contributed by atoms with E-state index in [4.69, 9.17) is 9.47 Å². The minimum Gasteiger partial charge on any atom is -0.486 e. The number of ether oxygens (including phenoxy) is 2. The number of hydrogen-bond donors (Lipinski definition) is 0. The van der Waals surface area contributed by atoms with Gasteiger partial charge in [0.2, 0.25) is 0 Å². The third-order valence-corrected chi connectivity index (χ3v) is 5.26. The number of aromatic nitrogens is 3. The molecular weight excluding hydrogens is 340 g/mol. The van der Waals surface area contributed by atoms with E-state index in [0.717, 1.165) is 42.4 Å². The van der Waals surface area contributed by atoms with Gasteiger partial charge in [0.05, 0.1) is 17.6 Å². The highest BCUT2D eigenvalue weighted by molar-refractivity contribution is 5.45. The molecule has 0 radical (unpaired) electrons. The Kier molecular flexibility index (Phi) is 4.26. The molecule has 0 N–H and O–H groups in total. The maximum absolute atomic E-state index is 5.76. The normalized spacial score (nSPS) is 19.3. The zero-order valence-corrected chi connectivity index (χ0v) is 15.1. The molecule has 2 aliphatic heterocycles. The molecule has 2 aromatic heterocycles. The molecule has 0 aliphatic carbocycles. The molecule has 5 rings (SSSR count). The van der Waals surface area contributed by atoms with Crippen molar-refractivity contribution in [3.05, 3.63) is 66.2 Å². The summed E-state index contributed by atoms with van der Waals surface area (Å²) in [6.45, 7) is 3.18. The second-order valence-corrected chi connectivity index (χ2v) is 6.99. The van der Waals surface area contributed by atoms with Gasteiger partial charge in [0.1, 0.15) is 13.2 Å². The van der Waals surface area contributed by atoms with Crippen LogP contribution in [0.4, 0.5) is 0 Å². The lowest BCUT2D eigenvalue weighted by Crippen LogP contribution is -2.23. The van der Waals surface area contributed by atoms with E-state index in [2.05, 4.69) is 39.2 Å².